The third-order valence-corrected chi connectivity index (χ3v) is 13.4. The molecule has 1 saturated heterocycles. The summed E-state index contributed by atoms with van der Waals surface area (Å²) in [4.78, 5) is 26.3. The Bertz CT molecular complexity index is 3070. The molecule has 11 rings (SSSR count). The first-order chi connectivity index (χ1) is 32.1. The quantitative estimate of drug-likeness (QED) is 0.113. The highest BCUT2D eigenvalue weighted by molar-refractivity contribution is 5.81. The minimum absolute atomic E-state index is 0.0241. The second kappa shape index (κ2) is 17.3. The zero-order valence-corrected chi connectivity index (χ0v) is 36.4. The Morgan fingerprint density at radius 1 is 0.708 bits per heavy atom. The van der Waals surface area contributed by atoms with E-state index in [1.54, 1.807) is 0 Å². The number of benzene rings is 7. The standard InChI is InChI=1S/C56H49N7O2/c1-2-3-27-53-57-50-33-32-42(52-37-51-47-25-14-13-17-40(47)34-35-62(51)65-52)36-49(50)55(64)61(53)38-39-28-30-41(31-29-39)46-24-15-16-26-48(46)54-58-59-60-63(54)56(43-18-7-4-8-19-43,44-20-9-5-10-21-44)45-22-11-6-12-23-45/h4-26,28-33,36,51-52H,2-3,27,34-35,37-38H2,1H3. The van der Waals surface area contributed by atoms with Gasteiger partial charge in [-0.2, -0.15) is 5.06 Å². The predicted octanol–water partition coefficient (Wildman–Crippen LogP) is 10.9. The van der Waals surface area contributed by atoms with Crippen LogP contribution in [0.4, 0.5) is 0 Å². The van der Waals surface area contributed by atoms with Crippen LogP contribution in [-0.4, -0.2) is 41.4 Å². The molecule has 0 amide bonds. The van der Waals surface area contributed by atoms with Gasteiger partial charge in [0.15, 0.2) is 5.82 Å². The number of nitrogens with zero attached hydrogens (tertiary/aromatic N) is 7. The van der Waals surface area contributed by atoms with Gasteiger partial charge in [0.05, 0.1) is 23.5 Å². The summed E-state index contributed by atoms with van der Waals surface area (Å²) in [5.41, 5.74) is 10.6. The van der Waals surface area contributed by atoms with Crippen molar-refractivity contribution in [3.8, 4) is 22.5 Å². The number of hydroxylamine groups is 2. The highest BCUT2D eigenvalue weighted by Crippen LogP contribution is 2.46. The summed E-state index contributed by atoms with van der Waals surface area (Å²) in [6, 6.07) is 63.2. The highest BCUT2D eigenvalue weighted by Gasteiger charge is 2.42. The van der Waals surface area contributed by atoms with Gasteiger partial charge in [-0.05, 0) is 85.5 Å². The van der Waals surface area contributed by atoms with Gasteiger partial charge in [-0.1, -0.05) is 183 Å². The molecule has 0 N–H and O–H groups in total. The van der Waals surface area contributed by atoms with Crippen LogP contribution in [-0.2, 0) is 29.8 Å². The van der Waals surface area contributed by atoms with Crippen molar-refractivity contribution in [3.05, 3.63) is 237 Å². The van der Waals surface area contributed by atoms with Crippen LogP contribution in [0.15, 0.2) is 187 Å². The second-order valence-corrected chi connectivity index (χ2v) is 17.2. The number of rotatable bonds is 12. The Morgan fingerprint density at radius 2 is 1.35 bits per heavy atom. The molecule has 2 aromatic heterocycles. The first-order valence-electron chi connectivity index (χ1n) is 22.8. The smallest absolute Gasteiger partial charge is 0.261 e. The highest BCUT2D eigenvalue weighted by atomic mass is 16.7. The average Bonchev–Trinajstić information content (AvgIpc) is 4.05. The molecule has 320 valence electrons. The maximum absolute atomic E-state index is 14.6. The van der Waals surface area contributed by atoms with Gasteiger partial charge >= 0.3 is 0 Å². The third kappa shape index (κ3) is 7.27. The van der Waals surface area contributed by atoms with Gasteiger partial charge in [-0.25, -0.2) is 9.67 Å². The van der Waals surface area contributed by atoms with Crippen LogP contribution in [0, 0.1) is 0 Å². The van der Waals surface area contributed by atoms with Gasteiger partial charge in [0.2, 0.25) is 0 Å². The van der Waals surface area contributed by atoms with E-state index in [9.17, 15) is 4.79 Å². The molecule has 1 fully saturated rings. The summed E-state index contributed by atoms with van der Waals surface area (Å²) < 4.78 is 3.86. The summed E-state index contributed by atoms with van der Waals surface area (Å²) in [5, 5.41) is 16.7. The van der Waals surface area contributed by atoms with Gasteiger partial charge in [0.1, 0.15) is 17.5 Å². The normalized spacial score (nSPS) is 16.1. The van der Waals surface area contributed by atoms with E-state index < -0.39 is 5.54 Å². The van der Waals surface area contributed by atoms with Gasteiger partial charge in [0, 0.05) is 24.9 Å². The van der Waals surface area contributed by atoms with Crippen LogP contribution >= 0.6 is 0 Å². The maximum Gasteiger partial charge on any atom is 0.261 e. The number of unbranched alkanes of at least 4 members (excludes halogenated alkanes) is 1. The second-order valence-electron chi connectivity index (χ2n) is 17.2. The summed E-state index contributed by atoms with van der Waals surface area (Å²) in [6.45, 7) is 3.44. The van der Waals surface area contributed by atoms with Crippen LogP contribution in [0.25, 0.3) is 33.4 Å². The van der Waals surface area contributed by atoms with Crippen LogP contribution in [0.5, 0.6) is 0 Å². The average molecular weight is 852 g/mol. The van der Waals surface area contributed by atoms with Gasteiger partial charge in [-0.3, -0.25) is 14.2 Å². The summed E-state index contributed by atoms with van der Waals surface area (Å²) >= 11 is 0. The molecule has 9 heteroatoms. The zero-order chi connectivity index (χ0) is 43.7. The van der Waals surface area contributed by atoms with E-state index in [1.165, 1.54) is 11.1 Å². The monoisotopic (exact) mass is 851 g/mol. The van der Waals surface area contributed by atoms with Crippen molar-refractivity contribution in [2.45, 2.75) is 63.3 Å². The predicted molar refractivity (Wildman–Crippen MR) is 255 cm³/mol. The minimum atomic E-state index is -0.885. The van der Waals surface area contributed by atoms with Crippen LogP contribution in [0.1, 0.15) is 83.1 Å². The van der Waals surface area contributed by atoms with Gasteiger partial charge < -0.3 is 0 Å². The summed E-state index contributed by atoms with van der Waals surface area (Å²) in [5.74, 6) is 1.45. The molecule has 2 aliphatic heterocycles. The molecule has 0 bridgehead atoms. The zero-order valence-electron chi connectivity index (χ0n) is 36.4. The number of aryl methyl sites for hydroxylation is 1. The third-order valence-electron chi connectivity index (χ3n) is 13.4. The molecule has 9 aromatic rings. The minimum Gasteiger partial charge on any atom is -0.292 e. The lowest BCUT2D eigenvalue weighted by Gasteiger charge is -2.36. The van der Waals surface area contributed by atoms with Crippen molar-refractivity contribution in [2.75, 3.05) is 6.54 Å². The van der Waals surface area contributed by atoms with Crippen molar-refractivity contribution in [1.82, 2.24) is 34.8 Å². The van der Waals surface area contributed by atoms with E-state index in [-0.39, 0.29) is 17.7 Å². The number of fused-ring (bicyclic) bond motifs is 4. The Balaban J connectivity index is 0.941. The lowest BCUT2D eigenvalue weighted by atomic mass is 9.77. The molecule has 2 unspecified atom stereocenters. The lowest BCUT2D eigenvalue weighted by molar-refractivity contribution is -0.167. The number of hydrogen-bond donors (Lipinski definition) is 0. The first kappa shape index (κ1) is 40.4. The lowest BCUT2D eigenvalue weighted by Crippen LogP contribution is -2.39. The fourth-order valence-electron chi connectivity index (χ4n) is 10.2. The van der Waals surface area contributed by atoms with Crippen molar-refractivity contribution in [1.29, 1.82) is 0 Å². The van der Waals surface area contributed by atoms with E-state index in [1.807, 2.05) is 45.6 Å². The SMILES string of the molecule is CCCCc1nc2ccc(C3CC4c5ccccc5CCN4O3)cc2c(=O)n1Cc1ccc(-c2ccccc2-c2nnnn2C(c2ccccc2)(c2ccccc2)c2ccccc2)cc1. The fraction of sp³-hybridized carbons (Fsp3) is 0.196. The fourth-order valence-corrected chi connectivity index (χ4v) is 10.2. The molecule has 4 heterocycles. The molecule has 9 nitrogen and oxygen atoms in total. The molecule has 65 heavy (non-hydrogen) atoms. The van der Waals surface area contributed by atoms with Crippen LogP contribution < -0.4 is 5.56 Å². The molecule has 0 radical (unpaired) electrons. The van der Waals surface area contributed by atoms with E-state index in [0.717, 1.165) is 94.5 Å². The van der Waals surface area contributed by atoms with Gasteiger partial charge in [0.25, 0.3) is 5.56 Å². The van der Waals surface area contributed by atoms with Crippen molar-refractivity contribution in [2.24, 2.45) is 0 Å². The molecule has 7 aromatic carbocycles. The largest absolute Gasteiger partial charge is 0.292 e. The summed E-state index contributed by atoms with van der Waals surface area (Å²) in [6.07, 6.45) is 4.36. The maximum atomic E-state index is 14.6. The van der Waals surface area contributed by atoms with Crippen molar-refractivity contribution in [3.63, 3.8) is 0 Å². The van der Waals surface area contributed by atoms with E-state index in [0.29, 0.717) is 17.8 Å². The molecular weight excluding hydrogens is 803 g/mol. The van der Waals surface area contributed by atoms with Crippen molar-refractivity contribution < 1.29 is 4.84 Å². The van der Waals surface area contributed by atoms with Crippen LogP contribution in [0.2, 0.25) is 0 Å². The Labute approximate surface area is 378 Å². The first-order valence-corrected chi connectivity index (χ1v) is 22.8. The summed E-state index contributed by atoms with van der Waals surface area (Å²) in [7, 11) is 0. The van der Waals surface area contributed by atoms with Crippen LogP contribution in [0.3, 0.4) is 0 Å². The molecule has 0 saturated carbocycles. The molecule has 0 aliphatic carbocycles. The molecule has 2 atom stereocenters. The topological polar surface area (TPSA) is 91.0 Å². The van der Waals surface area contributed by atoms with E-state index in [2.05, 4.69) is 163 Å². The number of hydrogen-bond acceptors (Lipinski definition) is 7. The molecule has 2 aliphatic rings. The number of tetrazole rings is 1. The molecule has 0 spiro atoms. The van der Waals surface area contributed by atoms with Gasteiger partial charge in [-0.15, -0.1) is 5.10 Å². The van der Waals surface area contributed by atoms with Crippen molar-refractivity contribution >= 4 is 10.9 Å². The van der Waals surface area contributed by atoms with E-state index in [4.69, 9.17) is 20.1 Å². The Hall–Kier alpha value is -7.33. The Morgan fingerprint density at radius 3 is 2.05 bits per heavy atom. The molecular formula is C56H49N7O2. The number of aromatic nitrogens is 6. The Kier molecular flexibility index (Phi) is 10.8. The van der Waals surface area contributed by atoms with E-state index >= 15 is 0 Å².